The van der Waals surface area contributed by atoms with Gasteiger partial charge in [-0.15, -0.1) is 0 Å². The van der Waals surface area contributed by atoms with Crippen molar-refractivity contribution in [3.63, 3.8) is 0 Å². The molecule has 0 fully saturated rings. The summed E-state index contributed by atoms with van der Waals surface area (Å²) in [5, 5.41) is 8.60. The molecule has 0 aliphatic carbocycles. The van der Waals surface area contributed by atoms with Crippen LogP contribution in [0.5, 0.6) is 0 Å². The van der Waals surface area contributed by atoms with E-state index in [-0.39, 0.29) is 17.5 Å². The first-order chi connectivity index (χ1) is 6.82. The summed E-state index contributed by atoms with van der Waals surface area (Å²) in [4.78, 5) is 10.5. The van der Waals surface area contributed by atoms with Gasteiger partial charge < -0.3 is 5.11 Å². The van der Waals surface area contributed by atoms with E-state index in [9.17, 15) is 13.6 Å². The summed E-state index contributed by atoms with van der Waals surface area (Å²) in [5.41, 5.74) is -1.88. The Morgan fingerprint density at radius 3 is 2.53 bits per heavy atom. The number of halogens is 2. The molecule has 0 atom stereocenters. The van der Waals surface area contributed by atoms with Crippen molar-refractivity contribution in [1.82, 2.24) is 0 Å². The fraction of sp³-hybridized carbons (Fsp3) is 0.364. The van der Waals surface area contributed by atoms with Crippen molar-refractivity contribution in [2.75, 3.05) is 0 Å². The van der Waals surface area contributed by atoms with Crippen molar-refractivity contribution < 1.29 is 18.7 Å². The van der Waals surface area contributed by atoms with Crippen LogP contribution in [-0.4, -0.2) is 11.1 Å². The molecule has 82 valence electrons. The first-order valence-corrected chi connectivity index (χ1v) is 4.51. The van der Waals surface area contributed by atoms with E-state index < -0.39 is 17.5 Å². The van der Waals surface area contributed by atoms with E-state index in [0.717, 1.165) is 6.07 Å². The lowest BCUT2D eigenvalue weighted by Crippen LogP contribution is -2.17. The highest BCUT2D eigenvalue weighted by atomic mass is 19.1. The van der Waals surface area contributed by atoms with Gasteiger partial charge in [0.25, 0.3) is 0 Å². The number of benzene rings is 1. The maximum Gasteiger partial charge on any atom is 0.307 e. The Morgan fingerprint density at radius 1 is 1.47 bits per heavy atom. The van der Waals surface area contributed by atoms with Crippen LogP contribution >= 0.6 is 0 Å². The zero-order valence-electron chi connectivity index (χ0n) is 8.55. The van der Waals surface area contributed by atoms with Crippen LogP contribution in [-0.2, 0) is 16.9 Å². The monoisotopic (exact) mass is 214 g/mol. The Labute approximate surface area is 86.5 Å². The summed E-state index contributed by atoms with van der Waals surface area (Å²) in [7, 11) is 0. The molecule has 0 saturated carbocycles. The lowest BCUT2D eigenvalue weighted by molar-refractivity contribution is -0.136. The normalized spacial score (nSPS) is 11.5. The van der Waals surface area contributed by atoms with Crippen LogP contribution in [0.25, 0.3) is 0 Å². The minimum atomic E-state index is -1.88. The number of alkyl halides is 1. The molecule has 0 heterocycles. The Balaban J connectivity index is 3.27. The SMILES string of the molecule is CC(C)(F)c1c(F)cccc1CC(=O)O. The number of carbonyl (C=O) groups is 1. The first kappa shape index (κ1) is 11.6. The van der Waals surface area contributed by atoms with Crippen LogP contribution in [0.2, 0.25) is 0 Å². The minimum Gasteiger partial charge on any atom is -0.481 e. The number of carboxylic acids is 1. The summed E-state index contributed by atoms with van der Waals surface area (Å²) in [6.45, 7) is 2.41. The third-order valence-corrected chi connectivity index (χ3v) is 2.04. The van der Waals surface area contributed by atoms with Gasteiger partial charge in [0.05, 0.1) is 6.42 Å². The van der Waals surface area contributed by atoms with Gasteiger partial charge >= 0.3 is 5.97 Å². The number of hydrogen-bond donors (Lipinski definition) is 1. The second kappa shape index (κ2) is 3.96. The van der Waals surface area contributed by atoms with Gasteiger partial charge in [-0.1, -0.05) is 12.1 Å². The number of rotatable bonds is 3. The number of hydrogen-bond acceptors (Lipinski definition) is 1. The molecule has 1 aromatic rings. The van der Waals surface area contributed by atoms with E-state index in [4.69, 9.17) is 5.11 Å². The lowest BCUT2D eigenvalue weighted by Gasteiger charge is -2.19. The third-order valence-electron chi connectivity index (χ3n) is 2.04. The highest BCUT2D eigenvalue weighted by Crippen LogP contribution is 2.30. The van der Waals surface area contributed by atoms with Gasteiger partial charge in [0.15, 0.2) is 0 Å². The van der Waals surface area contributed by atoms with E-state index >= 15 is 0 Å². The molecule has 0 unspecified atom stereocenters. The van der Waals surface area contributed by atoms with Crippen molar-refractivity contribution >= 4 is 5.97 Å². The molecule has 0 saturated heterocycles. The van der Waals surface area contributed by atoms with E-state index in [1.165, 1.54) is 26.0 Å². The van der Waals surface area contributed by atoms with Crippen LogP contribution in [0.3, 0.4) is 0 Å². The number of aliphatic carboxylic acids is 1. The molecule has 0 radical (unpaired) electrons. The van der Waals surface area contributed by atoms with Gasteiger partial charge in [-0.25, -0.2) is 8.78 Å². The molecule has 0 bridgehead atoms. The molecule has 0 aromatic heterocycles. The molecule has 4 heteroatoms. The Bertz CT molecular complexity index is 381. The van der Waals surface area contributed by atoms with Gasteiger partial charge in [-0.05, 0) is 25.5 Å². The molecule has 1 rings (SSSR count). The second-order valence-electron chi connectivity index (χ2n) is 3.82. The zero-order valence-corrected chi connectivity index (χ0v) is 8.55. The smallest absolute Gasteiger partial charge is 0.307 e. The third kappa shape index (κ3) is 2.75. The average Bonchev–Trinajstić information content (AvgIpc) is 1.99. The van der Waals surface area contributed by atoms with Gasteiger partial charge in [0, 0.05) is 5.56 Å². The molecule has 15 heavy (non-hydrogen) atoms. The Morgan fingerprint density at radius 2 is 2.07 bits per heavy atom. The Kier molecular flexibility index (Phi) is 3.07. The fourth-order valence-corrected chi connectivity index (χ4v) is 1.54. The second-order valence-corrected chi connectivity index (χ2v) is 3.82. The molecule has 0 aliphatic rings. The van der Waals surface area contributed by atoms with Crippen LogP contribution < -0.4 is 0 Å². The van der Waals surface area contributed by atoms with Crippen LogP contribution in [0.4, 0.5) is 8.78 Å². The summed E-state index contributed by atoms with van der Waals surface area (Å²) in [6, 6.07) is 3.93. The predicted molar refractivity (Wildman–Crippen MR) is 51.9 cm³/mol. The Hall–Kier alpha value is -1.45. The zero-order chi connectivity index (χ0) is 11.6. The molecule has 1 N–H and O–H groups in total. The summed E-state index contributed by atoms with van der Waals surface area (Å²) in [5.74, 6) is -1.81. The standard InChI is InChI=1S/C11H12F2O2/c1-11(2,13)10-7(6-9(14)15)4-3-5-8(10)12/h3-5H,6H2,1-2H3,(H,14,15). The van der Waals surface area contributed by atoms with Gasteiger partial charge in [0.1, 0.15) is 11.5 Å². The number of carboxylic acid groups (broad SMARTS) is 1. The van der Waals surface area contributed by atoms with Crippen LogP contribution in [0.1, 0.15) is 25.0 Å². The predicted octanol–water partition coefficient (Wildman–Crippen LogP) is 2.66. The van der Waals surface area contributed by atoms with Crippen molar-refractivity contribution in [1.29, 1.82) is 0 Å². The molecular weight excluding hydrogens is 202 g/mol. The van der Waals surface area contributed by atoms with Crippen molar-refractivity contribution in [3.05, 3.63) is 35.1 Å². The van der Waals surface area contributed by atoms with Crippen molar-refractivity contribution in [2.45, 2.75) is 25.9 Å². The molecule has 0 spiro atoms. The largest absolute Gasteiger partial charge is 0.481 e. The molecule has 2 nitrogen and oxygen atoms in total. The van der Waals surface area contributed by atoms with Gasteiger partial charge in [-0.3, -0.25) is 4.79 Å². The minimum absolute atomic E-state index is 0.174. The summed E-state index contributed by atoms with van der Waals surface area (Å²) >= 11 is 0. The average molecular weight is 214 g/mol. The van der Waals surface area contributed by atoms with Crippen LogP contribution in [0.15, 0.2) is 18.2 Å². The molecule has 1 aromatic carbocycles. The van der Waals surface area contributed by atoms with E-state index in [1.54, 1.807) is 0 Å². The fourth-order valence-electron chi connectivity index (χ4n) is 1.54. The van der Waals surface area contributed by atoms with E-state index in [1.807, 2.05) is 0 Å². The molecule has 0 amide bonds. The van der Waals surface area contributed by atoms with Gasteiger partial charge in [0.2, 0.25) is 0 Å². The van der Waals surface area contributed by atoms with E-state index in [0.29, 0.717) is 0 Å². The highest BCUT2D eigenvalue weighted by Gasteiger charge is 2.26. The topological polar surface area (TPSA) is 37.3 Å². The van der Waals surface area contributed by atoms with E-state index in [2.05, 4.69) is 0 Å². The molecule has 0 aliphatic heterocycles. The maximum absolute atomic E-state index is 13.7. The van der Waals surface area contributed by atoms with Crippen molar-refractivity contribution in [3.8, 4) is 0 Å². The lowest BCUT2D eigenvalue weighted by atomic mass is 9.92. The van der Waals surface area contributed by atoms with Crippen LogP contribution in [0, 0.1) is 5.82 Å². The summed E-state index contributed by atoms with van der Waals surface area (Å²) < 4.78 is 27.0. The van der Waals surface area contributed by atoms with Gasteiger partial charge in [-0.2, -0.15) is 0 Å². The first-order valence-electron chi connectivity index (χ1n) is 4.51. The highest BCUT2D eigenvalue weighted by molar-refractivity contribution is 5.71. The maximum atomic E-state index is 13.7. The van der Waals surface area contributed by atoms with Crippen molar-refractivity contribution in [2.24, 2.45) is 0 Å². The molecular formula is C11H12F2O2. The quantitative estimate of drug-likeness (QED) is 0.839. The summed E-state index contributed by atoms with van der Waals surface area (Å²) in [6.07, 6.45) is -0.375.